The number of ether oxygens (including phenoxy) is 2. The summed E-state index contributed by atoms with van der Waals surface area (Å²) in [6.45, 7) is 3.91. The lowest BCUT2D eigenvalue weighted by molar-refractivity contribution is -0.137. The van der Waals surface area contributed by atoms with Crippen molar-refractivity contribution in [2.75, 3.05) is 31.6 Å². The van der Waals surface area contributed by atoms with Crippen LogP contribution in [0.1, 0.15) is 36.1 Å². The second-order valence-electron chi connectivity index (χ2n) is 7.69. The summed E-state index contributed by atoms with van der Waals surface area (Å²) in [5.74, 6) is 1.06. The Morgan fingerprint density at radius 3 is 2.61 bits per heavy atom. The fourth-order valence-electron chi connectivity index (χ4n) is 3.95. The number of nitrogens with zero attached hydrogens (tertiary/aromatic N) is 1. The number of hydrogen-bond donors (Lipinski definition) is 1. The van der Waals surface area contributed by atoms with E-state index in [2.05, 4.69) is 5.32 Å². The largest absolute Gasteiger partial charge is 0.490 e. The summed E-state index contributed by atoms with van der Waals surface area (Å²) in [4.78, 5) is 14.5. The summed E-state index contributed by atoms with van der Waals surface area (Å²) in [5, 5.41) is 2.14. The Hall–Kier alpha value is -2.45. The summed E-state index contributed by atoms with van der Waals surface area (Å²) in [6, 6.07) is 7.27. The minimum atomic E-state index is -4.59. The third-order valence-corrected chi connectivity index (χ3v) is 5.91. The molecule has 31 heavy (non-hydrogen) atoms. The van der Waals surface area contributed by atoms with E-state index in [1.807, 2.05) is 24.0 Å². The van der Waals surface area contributed by atoms with Crippen molar-refractivity contribution in [3.63, 3.8) is 0 Å². The lowest BCUT2D eigenvalue weighted by Crippen LogP contribution is -2.39. The van der Waals surface area contributed by atoms with Gasteiger partial charge >= 0.3 is 6.18 Å². The highest BCUT2D eigenvalue weighted by Crippen LogP contribution is 2.39. The minimum Gasteiger partial charge on any atom is -0.490 e. The standard InChI is InChI=1S/C22H22ClF3N2O3/c1-13-16-11-20-19(30-7-2-8-31-20)9-14(16)5-6-28(13)12-21(29)27-15-3-4-18(23)17(10-15)22(24,25)26/h3-4,9-11,13H,2,5-8,12H2,1H3,(H,27,29). The van der Waals surface area contributed by atoms with Gasteiger partial charge in [-0.15, -0.1) is 0 Å². The van der Waals surface area contributed by atoms with Gasteiger partial charge in [0, 0.05) is 24.7 Å². The summed E-state index contributed by atoms with van der Waals surface area (Å²) >= 11 is 5.64. The Morgan fingerprint density at radius 1 is 1.19 bits per heavy atom. The predicted octanol–water partition coefficient (Wildman–Crippen LogP) is 5.08. The minimum absolute atomic E-state index is 0.0531. The third kappa shape index (κ3) is 4.75. The number of alkyl halides is 3. The van der Waals surface area contributed by atoms with E-state index in [9.17, 15) is 18.0 Å². The molecular weight excluding hydrogens is 433 g/mol. The number of halogens is 4. The zero-order valence-corrected chi connectivity index (χ0v) is 17.6. The summed E-state index contributed by atoms with van der Waals surface area (Å²) in [7, 11) is 0. The van der Waals surface area contributed by atoms with Crippen molar-refractivity contribution in [3.05, 3.63) is 52.0 Å². The van der Waals surface area contributed by atoms with E-state index >= 15 is 0 Å². The molecule has 9 heteroatoms. The van der Waals surface area contributed by atoms with Crippen molar-refractivity contribution in [2.45, 2.75) is 32.0 Å². The van der Waals surface area contributed by atoms with Gasteiger partial charge in [0.05, 0.1) is 30.3 Å². The van der Waals surface area contributed by atoms with Gasteiger partial charge in [-0.2, -0.15) is 13.2 Å². The van der Waals surface area contributed by atoms with Gasteiger partial charge in [0.25, 0.3) is 0 Å². The molecule has 2 aromatic carbocycles. The van der Waals surface area contributed by atoms with E-state index in [4.69, 9.17) is 21.1 Å². The molecule has 0 fully saturated rings. The molecule has 0 aromatic heterocycles. The molecule has 0 radical (unpaired) electrons. The molecule has 1 N–H and O–H groups in total. The van der Waals surface area contributed by atoms with Gasteiger partial charge in [-0.05, 0) is 54.8 Å². The van der Waals surface area contributed by atoms with Crippen LogP contribution in [-0.4, -0.2) is 37.1 Å². The van der Waals surface area contributed by atoms with E-state index in [0.717, 1.165) is 41.9 Å². The van der Waals surface area contributed by atoms with Crippen molar-refractivity contribution in [1.82, 2.24) is 4.90 Å². The van der Waals surface area contributed by atoms with Crippen LogP contribution in [0.25, 0.3) is 0 Å². The summed E-state index contributed by atoms with van der Waals surface area (Å²) < 4.78 is 50.7. The van der Waals surface area contributed by atoms with Crippen molar-refractivity contribution >= 4 is 23.2 Å². The lowest BCUT2D eigenvalue weighted by Gasteiger charge is -2.35. The zero-order valence-electron chi connectivity index (χ0n) is 16.9. The number of nitrogens with one attached hydrogen (secondary N) is 1. The van der Waals surface area contributed by atoms with E-state index in [1.54, 1.807) is 0 Å². The van der Waals surface area contributed by atoms with E-state index in [1.165, 1.54) is 6.07 Å². The molecule has 0 spiro atoms. The van der Waals surface area contributed by atoms with Gasteiger partial charge in [0.2, 0.25) is 5.91 Å². The van der Waals surface area contributed by atoms with Crippen molar-refractivity contribution in [2.24, 2.45) is 0 Å². The number of hydrogen-bond acceptors (Lipinski definition) is 4. The Bertz CT molecular complexity index is 997. The number of carbonyl (C=O) groups excluding carboxylic acids is 1. The first-order valence-electron chi connectivity index (χ1n) is 10.1. The Balaban J connectivity index is 1.46. The first-order chi connectivity index (χ1) is 14.7. The normalized spacial score (nSPS) is 18.8. The molecule has 4 rings (SSSR count). The fraction of sp³-hybridized carbons (Fsp3) is 0.409. The van der Waals surface area contributed by atoms with E-state index in [-0.39, 0.29) is 24.2 Å². The molecule has 2 aliphatic heterocycles. The molecule has 2 aromatic rings. The van der Waals surface area contributed by atoms with Gasteiger partial charge in [-0.3, -0.25) is 9.69 Å². The maximum Gasteiger partial charge on any atom is 0.417 e. The first-order valence-corrected chi connectivity index (χ1v) is 10.4. The van der Waals surface area contributed by atoms with Crippen molar-refractivity contribution in [1.29, 1.82) is 0 Å². The van der Waals surface area contributed by atoms with Crippen LogP contribution in [0.5, 0.6) is 11.5 Å². The number of anilines is 1. The quantitative estimate of drug-likeness (QED) is 0.703. The SMILES string of the molecule is CC1c2cc3c(cc2CCN1CC(=O)Nc1ccc(Cl)c(C(F)(F)F)c1)OCCCO3. The number of rotatable bonds is 3. The van der Waals surface area contributed by atoms with Crippen LogP contribution >= 0.6 is 11.6 Å². The van der Waals surface area contributed by atoms with Gasteiger partial charge < -0.3 is 14.8 Å². The van der Waals surface area contributed by atoms with Gasteiger partial charge in [-0.25, -0.2) is 0 Å². The van der Waals surface area contributed by atoms with Crippen LogP contribution in [-0.2, 0) is 17.4 Å². The Labute approximate surface area is 183 Å². The first kappa shape index (κ1) is 21.8. The summed E-state index contributed by atoms with van der Waals surface area (Å²) in [6.07, 6.45) is -3.03. The van der Waals surface area contributed by atoms with Crippen LogP contribution in [0.3, 0.4) is 0 Å². The van der Waals surface area contributed by atoms with Gasteiger partial charge in [-0.1, -0.05) is 11.6 Å². The molecule has 0 saturated heterocycles. The van der Waals surface area contributed by atoms with E-state index < -0.39 is 16.8 Å². The molecule has 5 nitrogen and oxygen atoms in total. The molecule has 1 amide bonds. The summed E-state index contributed by atoms with van der Waals surface area (Å²) in [5.41, 5.74) is 1.30. The smallest absolute Gasteiger partial charge is 0.417 e. The van der Waals surface area contributed by atoms with Crippen LogP contribution < -0.4 is 14.8 Å². The van der Waals surface area contributed by atoms with Crippen LogP contribution in [0.4, 0.5) is 18.9 Å². The zero-order chi connectivity index (χ0) is 22.2. The van der Waals surface area contributed by atoms with Gasteiger partial charge in [0.1, 0.15) is 0 Å². The molecule has 2 heterocycles. The Morgan fingerprint density at radius 2 is 1.90 bits per heavy atom. The van der Waals surface area contributed by atoms with Crippen molar-refractivity contribution in [3.8, 4) is 11.5 Å². The molecule has 166 valence electrons. The fourth-order valence-corrected chi connectivity index (χ4v) is 4.17. The number of fused-ring (bicyclic) bond motifs is 2. The Kier molecular flexibility index (Phi) is 6.03. The number of benzene rings is 2. The van der Waals surface area contributed by atoms with E-state index in [0.29, 0.717) is 25.5 Å². The maximum atomic E-state index is 13.1. The lowest BCUT2D eigenvalue weighted by atomic mass is 9.93. The monoisotopic (exact) mass is 454 g/mol. The highest BCUT2D eigenvalue weighted by molar-refractivity contribution is 6.31. The molecular formula is C22H22ClF3N2O3. The molecule has 1 unspecified atom stereocenters. The van der Waals surface area contributed by atoms with Crippen molar-refractivity contribution < 1.29 is 27.4 Å². The highest BCUT2D eigenvalue weighted by Gasteiger charge is 2.33. The molecule has 0 aliphatic carbocycles. The predicted molar refractivity (Wildman–Crippen MR) is 111 cm³/mol. The van der Waals surface area contributed by atoms with Crippen LogP contribution in [0.2, 0.25) is 5.02 Å². The molecule has 1 atom stereocenters. The molecule has 0 saturated carbocycles. The number of amides is 1. The van der Waals surface area contributed by atoms with Crippen LogP contribution in [0.15, 0.2) is 30.3 Å². The topological polar surface area (TPSA) is 50.8 Å². The average Bonchev–Trinajstić information content (AvgIpc) is 2.94. The van der Waals surface area contributed by atoms with Gasteiger partial charge in [0.15, 0.2) is 11.5 Å². The van der Waals surface area contributed by atoms with Crippen LogP contribution in [0, 0.1) is 0 Å². The second-order valence-corrected chi connectivity index (χ2v) is 8.09. The average molecular weight is 455 g/mol. The number of carbonyl (C=O) groups is 1. The molecule has 0 bridgehead atoms. The molecule has 2 aliphatic rings. The highest BCUT2D eigenvalue weighted by atomic mass is 35.5. The maximum absolute atomic E-state index is 13.1. The second kappa shape index (κ2) is 8.59. The third-order valence-electron chi connectivity index (χ3n) is 5.58.